The fourth-order valence-electron chi connectivity index (χ4n) is 2.67. The zero-order valence-corrected chi connectivity index (χ0v) is 11.5. The average molecular weight is 311 g/mol. The van der Waals surface area contributed by atoms with Crippen LogP contribution in [0.25, 0.3) is 21.5 Å². The van der Waals surface area contributed by atoms with Gasteiger partial charge in [0, 0.05) is 17.5 Å². The van der Waals surface area contributed by atoms with E-state index in [1.165, 1.54) is 12.1 Å². The SMILES string of the molecule is O=C(O)c1cc([N+](=O)[O-])cc2c1c(C(=O)O)cc1ccccc12. The Morgan fingerprint density at radius 2 is 1.52 bits per heavy atom. The van der Waals surface area contributed by atoms with Gasteiger partial charge in [0.1, 0.15) is 0 Å². The van der Waals surface area contributed by atoms with Crippen molar-refractivity contribution in [3.63, 3.8) is 0 Å². The fraction of sp³-hybridized carbons (Fsp3) is 0. The molecule has 3 aromatic rings. The van der Waals surface area contributed by atoms with E-state index in [1.54, 1.807) is 24.3 Å². The molecule has 0 radical (unpaired) electrons. The van der Waals surface area contributed by atoms with Gasteiger partial charge >= 0.3 is 11.9 Å². The van der Waals surface area contributed by atoms with E-state index in [0.29, 0.717) is 10.8 Å². The van der Waals surface area contributed by atoms with Crippen molar-refractivity contribution in [3.05, 3.63) is 63.7 Å². The summed E-state index contributed by atoms with van der Waals surface area (Å²) in [4.78, 5) is 33.4. The molecule has 0 saturated carbocycles. The van der Waals surface area contributed by atoms with E-state index in [9.17, 15) is 29.9 Å². The van der Waals surface area contributed by atoms with Crippen molar-refractivity contribution in [2.75, 3.05) is 0 Å². The van der Waals surface area contributed by atoms with E-state index in [0.717, 1.165) is 6.07 Å². The quantitative estimate of drug-likeness (QED) is 0.435. The van der Waals surface area contributed by atoms with E-state index >= 15 is 0 Å². The van der Waals surface area contributed by atoms with E-state index in [-0.39, 0.29) is 16.3 Å². The molecule has 0 aliphatic heterocycles. The van der Waals surface area contributed by atoms with Crippen LogP contribution in [0, 0.1) is 10.1 Å². The molecule has 2 N–H and O–H groups in total. The van der Waals surface area contributed by atoms with Crippen LogP contribution in [0.15, 0.2) is 42.5 Å². The number of aromatic carboxylic acids is 2. The van der Waals surface area contributed by atoms with Gasteiger partial charge in [-0.15, -0.1) is 0 Å². The Bertz CT molecular complexity index is 1010. The minimum Gasteiger partial charge on any atom is -0.478 e. The molecule has 0 unspecified atom stereocenters. The molecule has 3 aromatic carbocycles. The van der Waals surface area contributed by atoms with Crippen LogP contribution in [-0.2, 0) is 0 Å². The molecular formula is C16H9NO6. The lowest BCUT2D eigenvalue weighted by Gasteiger charge is -2.10. The summed E-state index contributed by atoms with van der Waals surface area (Å²) in [6.07, 6.45) is 0. The first kappa shape index (κ1) is 14.5. The first-order valence-corrected chi connectivity index (χ1v) is 6.50. The van der Waals surface area contributed by atoms with Crippen molar-refractivity contribution in [3.8, 4) is 0 Å². The Morgan fingerprint density at radius 3 is 2.13 bits per heavy atom. The van der Waals surface area contributed by atoms with Gasteiger partial charge < -0.3 is 10.2 Å². The molecule has 7 nitrogen and oxygen atoms in total. The highest BCUT2D eigenvalue weighted by atomic mass is 16.6. The number of carboxylic acid groups (broad SMARTS) is 2. The van der Waals surface area contributed by atoms with Crippen LogP contribution in [0.1, 0.15) is 20.7 Å². The van der Waals surface area contributed by atoms with Gasteiger partial charge in [-0.05, 0) is 22.2 Å². The second-order valence-electron chi connectivity index (χ2n) is 4.93. The maximum absolute atomic E-state index is 11.5. The lowest BCUT2D eigenvalue weighted by molar-refractivity contribution is -0.384. The predicted octanol–water partition coefficient (Wildman–Crippen LogP) is 3.30. The summed E-state index contributed by atoms with van der Waals surface area (Å²) in [5.74, 6) is -2.71. The minimum atomic E-state index is -1.42. The third kappa shape index (κ3) is 2.24. The number of hydrogen-bond acceptors (Lipinski definition) is 4. The summed E-state index contributed by atoms with van der Waals surface area (Å²) in [6, 6.07) is 10.2. The summed E-state index contributed by atoms with van der Waals surface area (Å²) < 4.78 is 0. The van der Waals surface area contributed by atoms with E-state index in [1.807, 2.05) is 0 Å². The molecule has 0 aliphatic carbocycles. The Morgan fingerprint density at radius 1 is 0.913 bits per heavy atom. The molecule has 114 valence electrons. The van der Waals surface area contributed by atoms with Gasteiger partial charge in [-0.3, -0.25) is 10.1 Å². The van der Waals surface area contributed by atoms with Crippen molar-refractivity contribution in [2.45, 2.75) is 0 Å². The monoisotopic (exact) mass is 311 g/mol. The lowest BCUT2D eigenvalue weighted by Crippen LogP contribution is -2.06. The Hall–Kier alpha value is -3.48. The molecule has 0 amide bonds. The second-order valence-corrected chi connectivity index (χ2v) is 4.93. The third-order valence-corrected chi connectivity index (χ3v) is 3.61. The van der Waals surface area contributed by atoms with E-state index in [2.05, 4.69) is 0 Å². The molecule has 7 heteroatoms. The maximum atomic E-state index is 11.5. The molecule has 0 atom stereocenters. The number of carboxylic acids is 2. The number of nitro groups is 1. The Balaban J connectivity index is 2.64. The second kappa shape index (κ2) is 5.06. The van der Waals surface area contributed by atoms with Gasteiger partial charge in [0.15, 0.2) is 0 Å². The average Bonchev–Trinajstić information content (AvgIpc) is 2.52. The summed E-state index contributed by atoms with van der Waals surface area (Å²) in [5, 5.41) is 31.2. The number of hydrogen-bond donors (Lipinski definition) is 2. The van der Waals surface area contributed by atoms with Crippen molar-refractivity contribution in [2.24, 2.45) is 0 Å². The van der Waals surface area contributed by atoms with Crippen molar-refractivity contribution in [1.29, 1.82) is 0 Å². The molecule has 0 aliphatic rings. The van der Waals surface area contributed by atoms with Crippen LogP contribution in [-0.4, -0.2) is 27.1 Å². The number of nitro benzene ring substituents is 1. The van der Waals surface area contributed by atoms with E-state index in [4.69, 9.17) is 0 Å². The van der Waals surface area contributed by atoms with Crippen LogP contribution < -0.4 is 0 Å². The van der Waals surface area contributed by atoms with E-state index < -0.39 is 28.1 Å². The zero-order chi connectivity index (χ0) is 16.7. The number of non-ortho nitro benzene ring substituents is 1. The van der Waals surface area contributed by atoms with Crippen LogP contribution in [0.3, 0.4) is 0 Å². The lowest BCUT2D eigenvalue weighted by atomic mass is 9.93. The minimum absolute atomic E-state index is 0.0192. The summed E-state index contributed by atoms with van der Waals surface area (Å²) in [5.41, 5.74) is -1.01. The topological polar surface area (TPSA) is 118 Å². The largest absolute Gasteiger partial charge is 0.478 e. The molecule has 0 spiro atoms. The zero-order valence-electron chi connectivity index (χ0n) is 11.5. The standard InChI is InChI=1S/C16H9NO6/c18-15(19)12-5-8-3-1-2-4-10(8)11-6-9(17(22)23)7-13(14(11)12)16(20)21/h1-7H,(H,18,19)(H,20,21). The highest BCUT2D eigenvalue weighted by Crippen LogP contribution is 2.34. The van der Waals surface area contributed by atoms with Crippen LogP contribution in [0.5, 0.6) is 0 Å². The summed E-state index contributed by atoms with van der Waals surface area (Å²) >= 11 is 0. The Labute approximate surface area is 128 Å². The van der Waals surface area contributed by atoms with Gasteiger partial charge in [0.25, 0.3) is 5.69 Å². The number of benzene rings is 3. The smallest absolute Gasteiger partial charge is 0.336 e. The summed E-state index contributed by atoms with van der Waals surface area (Å²) in [6.45, 7) is 0. The van der Waals surface area contributed by atoms with Crippen molar-refractivity contribution in [1.82, 2.24) is 0 Å². The third-order valence-electron chi connectivity index (χ3n) is 3.61. The molecule has 3 rings (SSSR count). The highest BCUT2D eigenvalue weighted by molar-refractivity contribution is 6.21. The molecule has 0 saturated heterocycles. The van der Waals surface area contributed by atoms with Gasteiger partial charge in [0.05, 0.1) is 16.1 Å². The van der Waals surface area contributed by atoms with Crippen LogP contribution in [0.2, 0.25) is 0 Å². The van der Waals surface area contributed by atoms with Crippen LogP contribution >= 0.6 is 0 Å². The van der Waals surface area contributed by atoms with Gasteiger partial charge in [-0.2, -0.15) is 0 Å². The first-order chi connectivity index (χ1) is 10.9. The number of carbonyl (C=O) groups is 2. The van der Waals surface area contributed by atoms with Crippen molar-refractivity contribution < 1.29 is 24.7 Å². The van der Waals surface area contributed by atoms with Crippen molar-refractivity contribution >= 4 is 39.2 Å². The highest BCUT2D eigenvalue weighted by Gasteiger charge is 2.22. The molecule has 0 aromatic heterocycles. The predicted molar refractivity (Wildman–Crippen MR) is 82.0 cm³/mol. The fourth-order valence-corrected chi connectivity index (χ4v) is 2.67. The molecule has 0 bridgehead atoms. The first-order valence-electron chi connectivity index (χ1n) is 6.50. The summed E-state index contributed by atoms with van der Waals surface area (Å²) in [7, 11) is 0. The van der Waals surface area contributed by atoms with Gasteiger partial charge in [0.2, 0.25) is 0 Å². The Kier molecular flexibility index (Phi) is 3.18. The van der Waals surface area contributed by atoms with Gasteiger partial charge in [-0.25, -0.2) is 9.59 Å². The number of fused-ring (bicyclic) bond motifs is 3. The molecule has 0 heterocycles. The normalized spacial score (nSPS) is 10.8. The van der Waals surface area contributed by atoms with Gasteiger partial charge in [-0.1, -0.05) is 24.3 Å². The number of rotatable bonds is 3. The maximum Gasteiger partial charge on any atom is 0.336 e. The molecular weight excluding hydrogens is 302 g/mol. The molecule has 23 heavy (non-hydrogen) atoms. The molecule has 0 fully saturated rings. The van der Waals surface area contributed by atoms with Crippen LogP contribution in [0.4, 0.5) is 5.69 Å². The number of nitrogens with zero attached hydrogens (tertiary/aromatic N) is 1.